The van der Waals surface area contributed by atoms with Gasteiger partial charge in [-0.15, -0.1) is 0 Å². The summed E-state index contributed by atoms with van der Waals surface area (Å²) in [4.78, 5) is 11.8. The van der Waals surface area contributed by atoms with Gasteiger partial charge in [-0.05, 0) is 24.5 Å². The number of anilines is 1. The minimum Gasteiger partial charge on any atom is -0.325 e. The van der Waals surface area contributed by atoms with Gasteiger partial charge in [0, 0.05) is 6.42 Å². The predicted molar refractivity (Wildman–Crippen MR) is 82.5 cm³/mol. The van der Waals surface area contributed by atoms with E-state index in [1.54, 1.807) is 24.3 Å². The van der Waals surface area contributed by atoms with Crippen molar-refractivity contribution in [1.82, 2.24) is 0 Å². The number of sulfone groups is 1. The number of hydrogen-bond donors (Lipinski definition) is 1. The lowest BCUT2D eigenvalue weighted by Crippen LogP contribution is -2.18. The first-order chi connectivity index (χ1) is 9.84. The van der Waals surface area contributed by atoms with Crippen molar-refractivity contribution in [2.24, 2.45) is 5.92 Å². The lowest BCUT2D eigenvalue weighted by atomic mass is 10.2. The minimum absolute atomic E-state index is 0.0124. The molecule has 6 heteroatoms. The molecule has 0 heterocycles. The van der Waals surface area contributed by atoms with Gasteiger partial charge in [0.1, 0.15) is 6.07 Å². The summed E-state index contributed by atoms with van der Waals surface area (Å²) in [7, 11) is -3.09. The van der Waals surface area contributed by atoms with Gasteiger partial charge in [-0.1, -0.05) is 26.0 Å². The quantitative estimate of drug-likeness (QED) is 0.837. The van der Waals surface area contributed by atoms with E-state index in [9.17, 15) is 13.2 Å². The zero-order valence-corrected chi connectivity index (χ0v) is 13.1. The molecule has 0 aliphatic heterocycles. The van der Waals surface area contributed by atoms with Crippen LogP contribution in [0.15, 0.2) is 24.3 Å². The van der Waals surface area contributed by atoms with Crippen molar-refractivity contribution >= 4 is 21.4 Å². The largest absolute Gasteiger partial charge is 0.325 e. The minimum atomic E-state index is -3.09. The zero-order valence-electron chi connectivity index (χ0n) is 12.3. The molecule has 1 amide bonds. The fourth-order valence-corrected chi connectivity index (χ4v) is 3.71. The molecule has 1 rings (SSSR count). The number of nitrogens with zero attached hydrogens (tertiary/aromatic N) is 1. The van der Waals surface area contributed by atoms with Crippen molar-refractivity contribution in [1.29, 1.82) is 5.26 Å². The van der Waals surface area contributed by atoms with Crippen molar-refractivity contribution in [2.45, 2.75) is 26.7 Å². The van der Waals surface area contributed by atoms with Crippen LogP contribution < -0.4 is 5.32 Å². The van der Waals surface area contributed by atoms with E-state index in [0.717, 1.165) is 0 Å². The maximum absolute atomic E-state index is 11.8. The standard InChI is InChI=1S/C15H20N2O3S/c1-12(2)11-21(19,20)9-5-8-15(18)17-14-7-4-3-6-13(14)10-16/h3-4,6-7,12H,5,8-9,11H2,1-2H3,(H,17,18). The molecule has 0 unspecified atom stereocenters. The normalized spacial score (nSPS) is 11.1. The number of rotatable bonds is 7. The van der Waals surface area contributed by atoms with E-state index in [1.165, 1.54) is 0 Å². The van der Waals surface area contributed by atoms with Crippen LogP contribution in [0.4, 0.5) is 5.69 Å². The summed E-state index contributed by atoms with van der Waals surface area (Å²) < 4.78 is 23.4. The smallest absolute Gasteiger partial charge is 0.224 e. The van der Waals surface area contributed by atoms with Crippen LogP contribution in [0.3, 0.4) is 0 Å². The molecule has 0 saturated heterocycles. The Morgan fingerprint density at radius 3 is 2.62 bits per heavy atom. The highest BCUT2D eigenvalue weighted by Crippen LogP contribution is 2.14. The third-order valence-corrected chi connectivity index (χ3v) is 4.85. The number of carbonyl (C=O) groups is 1. The highest BCUT2D eigenvalue weighted by molar-refractivity contribution is 7.91. The Morgan fingerprint density at radius 1 is 1.33 bits per heavy atom. The van der Waals surface area contributed by atoms with Crippen LogP contribution in [-0.2, 0) is 14.6 Å². The van der Waals surface area contributed by atoms with E-state index in [4.69, 9.17) is 5.26 Å². The van der Waals surface area contributed by atoms with E-state index in [0.29, 0.717) is 11.3 Å². The highest BCUT2D eigenvalue weighted by atomic mass is 32.2. The van der Waals surface area contributed by atoms with E-state index in [-0.39, 0.29) is 36.2 Å². The summed E-state index contributed by atoms with van der Waals surface area (Å²) in [6.07, 6.45) is 0.409. The molecule has 0 bridgehead atoms. The van der Waals surface area contributed by atoms with Crippen molar-refractivity contribution in [3.05, 3.63) is 29.8 Å². The van der Waals surface area contributed by atoms with E-state index in [2.05, 4.69) is 5.32 Å². The molecule has 0 radical (unpaired) electrons. The van der Waals surface area contributed by atoms with Gasteiger partial charge in [-0.2, -0.15) is 5.26 Å². The van der Waals surface area contributed by atoms with Gasteiger partial charge in [0.25, 0.3) is 0 Å². The number of nitriles is 1. The Balaban J connectivity index is 2.47. The van der Waals surface area contributed by atoms with Gasteiger partial charge < -0.3 is 5.32 Å². The van der Waals surface area contributed by atoms with Crippen LogP contribution in [0, 0.1) is 17.2 Å². The molecule has 1 aromatic carbocycles. The van der Waals surface area contributed by atoms with E-state index in [1.807, 2.05) is 19.9 Å². The summed E-state index contributed by atoms with van der Waals surface area (Å²) >= 11 is 0. The first kappa shape index (κ1) is 17.2. The molecular weight excluding hydrogens is 288 g/mol. The Bertz CT molecular complexity index is 631. The SMILES string of the molecule is CC(C)CS(=O)(=O)CCCC(=O)Nc1ccccc1C#N. The Hall–Kier alpha value is -1.87. The summed E-state index contributed by atoms with van der Waals surface area (Å²) in [5.41, 5.74) is 0.841. The maximum atomic E-state index is 11.8. The Kier molecular flexibility index (Phi) is 6.38. The van der Waals surface area contributed by atoms with E-state index < -0.39 is 9.84 Å². The third-order valence-electron chi connectivity index (χ3n) is 2.77. The predicted octanol–water partition coefficient (Wildman–Crippen LogP) is 2.35. The van der Waals surface area contributed by atoms with Crippen LogP contribution in [0.2, 0.25) is 0 Å². The van der Waals surface area contributed by atoms with Gasteiger partial charge in [0.2, 0.25) is 5.91 Å². The van der Waals surface area contributed by atoms with Crippen molar-refractivity contribution in [3.8, 4) is 6.07 Å². The second-order valence-electron chi connectivity index (χ2n) is 5.32. The van der Waals surface area contributed by atoms with Crippen molar-refractivity contribution < 1.29 is 13.2 Å². The fourth-order valence-electron chi connectivity index (χ4n) is 1.95. The van der Waals surface area contributed by atoms with Crippen LogP contribution >= 0.6 is 0 Å². The molecule has 1 N–H and O–H groups in total. The van der Waals surface area contributed by atoms with Gasteiger partial charge in [0.05, 0.1) is 22.8 Å². The second kappa shape index (κ2) is 7.79. The van der Waals surface area contributed by atoms with Crippen molar-refractivity contribution in [2.75, 3.05) is 16.8 Å². The fraction of sp³-hybridized carbons (Fsp3) is 0.467. The average Bonchev–Trinajstić information content (AvgIpc) is 2.37. The van der Waals surface area contributed by atoms with Gasteiger partial charge in [-0.3, -0.25) is 4.79 Å². The second-order valence-corrected chi connectivity index (χ2v) is 7.55. The molecule has 0 aliphatic carbocycles. The molecule has 0 spiro atoms. The molecule has 0 aromatic heterocycles. The molecule has 0 aliphatic rings. The summed E-state index contributed by atoms with van der Waals surface area (Å²) in [6.45, 7) is 3.70. The number of carbonyl (C=O) groups excluding carboxylic acids is 1. The molecule has 0 saturated carbocycles. The van der Waals surface area contributed by atoms with Gasteiger partial charge >= 0.3 is 0 Å². The van der Waals surface area contributed by atoms with Crippen molar-refractivity contribution in [3.63, 3.8) is 0 Å². The molecule has 0 atom stereocenters. The van der Waals surface area contributed by atoms with Crippen LogP contribution in [0.25, 0.3) is 0 Å². The lowest BCUT2D eigenvalue weighted by Gasteiger charge is -2.08. The van der Waals surface area contributed by atoms with Gasteiger partial charge in [0.15, 0.2) is 9.84 Å². The van der Waals surface area contributed by atoms with Crippen LogP contribution in [-0.4, -0.2) is 25.8 Å². The topological polar surface area (TPSA) is 87.0 Å². The zero-order chi connectivity index (χ0) is 15.9. The molecule has 5 nitrogen and oxygen atoms in total. The number of benzene rings is 1. The Morgan fingerprint density at radius 2 is 2.00 bits per heavy atom. The number of amides is 1. The summed E-state index contributed by atoms with van der Waals surface area (Å²) in [6, 6.07) is 8.69. The summed E-state index contributed by atoms with van der Waals surface area (Å²) in [5.74, 6) is -0.0338. The number of hydrogen-bond acceptors (Lipinski definition) is 4. The van der Waals surface area contributed by atoms with Gasteiger partial charge in [-0.25, -0.2) is 8.42 Å². The monoisotopic (exact) mass is 308 g/mol. The van der Waals surface area contributed by atoms with E-state index >= 15 is 0 Å². The first-order valence-electron chi connectivity index (χ1n) is 6.83. The van der Waals surface area contributed by atoms with Crippen LogP contribution in [0.1, 0.15) is 32.3 Å². The Labute approximate surface area is 125 Å². The van der Waals surface area contributed by atoms with Crippen LogP contribution in [0.5, 0.6) is 0 Å². The first-order valence-corrected chi connectivity index (χ1v) is 8.65. The molecule has 114 valence electrons. The maximum Gasteiger partial charge on any atom is 0.224 e. The highest BCUT2D eigenvalue weighted by Gasteiger charge is 2.14. The molecular formula is C15H20N2O3S. The average molecular weight is 308 g/mol. The molecule has 1 aromatic rings. The summed E-state index contributed by atoms with van der Waals surface area (Å²) in [5, 5.41) is 11.5. The third kappa shape index (κ3) is 6.41. The molecule has 21 heavy (non-hydrogen) atoms. The number of nitrogens with one attached hydrogen (secondary N) is 1. The lowest BCUT2D eigenvalue weighted by molar-refractivity contribution is -0.116. The molecule has 0 fully saturated rings. The number of para-hydroxylation sites is 1.